The molecule has 294 valence electrons. The monoisotopic (exact) mass is 775 g/mol. The van der Waals surface area contributed by atoms with Crippen LogP contribution in [0.15, 0.2) is 24.3 Å². The molecule has 4 aromatic carbocycles. The summed E-state index contributed by atoms with van der Waals surface area (Å²) in [7, 11) is 2.43. The highest BCUT2D eigenvalue weighted by Crippen LogP contribution is 2.59. The van der Waals surface area contributed by atoms with Crippen molar-refractivity contribution in [1.29, 1.82) is 0 Å². The van der Waals surface area contributed by atoms with Crippen molar-refractivity contribution >= 4 is 63.3 Å². The van der Waals surface area contributed by atoms with Gasteiger partial charge in [0, 0.05) is 62.6 Å². The Bertz CT molecular complexity index is 2400. The zero-order valence-electron chi connectivity index (χ0n) is 31.7. The molecule has 0 saturated carbocycles. The van der Waals surface area contributed by atoms with Crippen molar-refractivity contribution in [3.8, 4) is 45.6 Å². The Morgan fingerprint density at radius 1 is 0.625 bits per heavy atom. The van der Waals surface area contributed by atoms with E-state index in [4.69, 9.17) is 33.2 Å². The summed E-state index contributed by atoms with van der Waals surface area (Å²) in [6.07, 6.45) is -3.62. The second kappa shape index (κ2) is 15.6. The first-order valence-corrected chi connectivity index (χ1v) is 16.8. The average molecular weight is 776 g/mol. The number of aliphatic hydroxyl groups is 2. The highest BCUT2D eigenvalue weighted by Gasteiger charge is 2.41. The van der Waals surface area contributed by atoms with Gasteiger partial charge in [0.25, 0.3) is 5.91 Å². The summed E-state index contributed by atoms with van der Waals surface area (Å²) in [6, 6.07) is 4.09. The quantitative estimate of drug-likeness (QED) is 0.124. The lowest BCUT2D eigenvalue weighted by molar-refractivity contribution is -0.142. The summed E-state index contributed by atoms with van der Waals surface area (Å²) in [5, 5.41) is 25.4. The molecule has 0 radical (unpaired) electrons. The molecule has 1 aliphatic rings. The molecule has 0 aliphatic heterocycles. The maximum absolute atomic E-state index is 13.9. The molecule has 3 N–H and O–H groups in total. The van der Waals surface area contributed by atoms with Crippen LogP contribution in [0.25, 0.3) is 32.7 Å². The molecule has 0 saturated heterocycles. The van der Waals surface area contributed by atoms with Crippen molar-refractivity contribution in [2.75, 3.05) is 14.2 Å². The molecule has 4 aromatic rings. The predicted molar refractivity (Wildman–Crippen MR) is 194 cm³/mol. The number of carbonyl (C=O) groups is 7. The summed E-state index contributed by atoms with van der Waals surface area (Å²) < 4.78 is 38.7. The Morgan fingerprint density at radius 3 is 1.61 bits per heavy atom. The fraction of sp³-hybridized carbons (Fsp3) is 0.308. The zero-order chi connectivity index (χ0) is 41.5. The molecule has 0 spiro atoms. The van der Waals surface area contributed by atoms with Crippen LogP contribution >= 0.6 is 0 Å². The van der Waals surface area contributed by atoms with Gasteiger partial charge in [-0.3, -0.25) is 28.8 Å². The normalized spacial score (nSPS) is 14.8. The van der Waals surface area contributed by atoms with Gasteiger partial charge in [0.1, 0.15) is 29.7 Å². The van der Waals surface area contributed by atoms with E-state index in [0.29, 0.717) is 0 Å². The van der Waals surface area contributed by atoms with Crippen LogP contribution in [-0.4, -0.2) is 72.2 Å². The number of aliphatic hydroxyl groups excluding tert-OH is 2. The number of methoxy groups -OCH3 is 2. The lowest BCUT2D eigenvalue weighted by Gasteiger charge is -2.33. The second-order valence-electron chi connectivity index (χ2n) is 12.7. The molecule has 1 aliphatic carbocycles. The third kappa shape index (κ3) is 7.41. The first kappa shape index (κ1) is 40.6. The molecular weight excluding hydrogens is 738 g/mol. The van der Waals surface area contributed by atoms with Crippen LogP contribution in [0.4, 0.5) is 0 Å². The molecule has 56 heavy (non-hydrogen) atoms. The number of amides is 1. The number of fused-ring (bicyclic) bond motifs is 5. The number of hydrogen-bond donors (Lipinski definition) is 3. The van der Waals surface area contributed by atoms with Crippen LogP contribution in [-0.2, 0) is 33.5 Å². The van der Waals surface area contributed by atoms with E-state index < -0.39 is 71.5 Å². The number of ether oxygens (including phenoxy) is 7. The molecule has 3 atom stereocenters. The predicted octanol–water partition coefficient (Wildman–Crippen LogP) is 3.98. The first-order chi connectivity index (χ1) is 26.3. The van der Waals surface area contributed by atoms with Gasteiger partial charge in [0.15, 0.2) is 23.0 Å². The van der Waals surface area contributed by atoms with E-state index in [2.05, 4.69) is 5.32 Å². The molecule has 0 aromatic heterocycles. The van der Waals surface area contributed by atoms with Crippen LogP contribution < -0.4 is 33.7 Å². The first-order valence-electron chi connectivity index (χ1n) is 16.8. The minimum Gasteiger partial charge on any atom is -0.497 e. The van der Waals surface area contributed by atoms with Gasteiger partial charge in [-0.05, 0) is 42.7 Å². The van der Waals surface area contributed by atoms with Gasteiger partial charge in [-0.25, -0.2) is 4.79 Å². The van der Waals surface area contributed by atoms with Gasteiger partial charge < -0.3 is 48.7 Å². The van der Waals surface area contributed by atoms with Crippen molar-refractivity contribution < 1.29 is 76.9 Å². The zero-order valence-corrected chi connectivity index (χ0v) is 31.7. The van der Waals surface area contributed by atoms with E-state index in [0.717, 1.165) is 41.7 Å². The van der Waals surface area contributed by atoms with Crippen LogP contribution in [0.3, 0.4) is 0 Å². The van der Waals surface area contributed by atoms with E-state index in [9.17, 15) is 43.8 Å². The van der Waals surface area contributed by atoms with Crippen LogP contribution in [0.2, 0.25) is 0 Å². The molecule has 5 rings (SSSR count). The highest BCUT2D eigenvalue weighted by atomic mass is 16.6. The Labute approximate surface area is 318 Å². The van der Waals surface area contributed by atoms with Crippen molar-refractivity contribution in [3.63, 3.8) is 0 Å². The van der Waals surface area contributed by atoms with Gasteiger partial charge in [0.2, 0.25) is 0 Å². The SMILES string of the molecule is COC(=O)[C@@H](C)NC(=O)c1c(C)cc2c(c1OC(C)=O)-c1c(cc3c(OC(C)=O)c4c(OC(C)=O)cc(OC)cc4c(OC(C)=O)c3c1OC(C)=O)[C@H](O)[C@H]2O. The Balaban J connectivity index is 2.11. The topological polar surface area (TPSA) is 237 Å². The number of benzene rings is 4. The van der Waals surface area contributed by atoms with Crippen molar-refractivity contribution in [2.45, 2.75) is 66.7 Å². The summed E-state index contributed by atoms with van der Waals surface area (Å²) >= 11 is 0. The van der Waals surface area contributed by atoms with Crippen LogP contribution in [0, 0.1) is 6.92 Å². The molecule has 17 heteroatoms. The molecule has 0 unspecified atom stereocenters. The van der Waals surface area contributed by atoms with Gasteiger partial charge >= 0.3 is 35.8 Å². The maximum atomic E-state index is 13.9. The number of carbonyl (C=O) groups excluding carboxylic acids is 7. The van der Waals surface area contributed by atoms with E-state index in [1.165, 1.54) is 45.2 Å². The Kier molecular flexibility index (Phi) is 11.3. The summed E-state index contributed by atoms with van der Waals surface area (Å²) in [5.41, 5.74) is -0.860. The number of nitrogens with one attached hydrogen (secondary N) is 1. The fourth-order valence-corrected chi connectivity index (χ4v) is 6.62. The molecule has 0 fully saturated rings. The Hall–Kier alpha value is -6.59. The molecule has 0 bridgehead atoms. The van der Waals surface area contributed by atoms with Crippen LogP contribution in [0.1, 0.15) is 80.8 Å². The maximum Gasteiger partial charge on any atom is 0.328 e. The van der Waals surface area contributed by atoms with E-state index in [1.807, 2.05) is 0 Å². The summed E-state index contributed by atoms with van der Waals surface area (Å²) in [4.78, 5) is 89.9. The van der Waals surface area contributed by atoms with Crippen molar-refractivity contribution in [3.05, 3.63) is 46.5 Å². The molecule has 1 amide bonds. The van der Waals surface area contributed by atoms with Crippen molar-refractivity contribution in [2.24, 2.45) is 0 Å². The molecule has 17 nitrogen and oxygen atoms in total. The average Bonchev–Trinajstić information content (AvgIpc) is 3.09. The Morgan fingerprint density at radius 2 is 1.09 bits per heavy atom. The summed E-state index contributed by atoms with van der Waals surface area (Å²) in [5.74, 6) is -7.86. The number of esters is 6. The lowest BCUT2D eigenvalue weighted by Crippen LogP contribution is -2.39. The van der Waals surface area contributed by atoms with E-state index in [1.54, 1.807) is 0 Å². The summed E-state index contributed by atoms with van der Waals surface area (Å²) in [6.45, 7) is 8.16. The smallest absolute Gasteiger partial charge is 0.328 e. The van der Waals surface area contributed by atoms with Gasteiger partial charge in [-0.15, -0.1) is 0 Å². The standard InChI is InChI=1S/C39H37NO16/c1-14-10-22-29(36(55-19(6)44)27(14)38(48)40-15(2)39(49)51-9)30-23(33(47)32(22)46)13-25-31(37(30)56-20(7)45)35(54-18(5)43)24-11-21(50-8)12-26(52-16(3)41)28(24)34(25)53-17(4)42/h10-13,15,32-33,46-47H,1-9H3,(H,40,48)/t15-,32+,33+/m1/s1. The fourth-order valence-electron chi connectivity index (χ4n) is 6.62. The second-order valence-corrected chi connectivity index (χ2v) is 12.7. The van der Waals surface area contributed by atoms with Gasteiger partial charge in [-0.2, -0.15) is 0 Å². The van der Waals surface area contributed by atoms with Gasteiger partial charge in [0.05, 0.1) is 30.6 Å². The van der Waals surface area contributed by atoms with Gasteiger partial charge in [-0.1, -0.05) is 6.07 Å². The number of rotatable bonds is 9. The largest absolute Gasteiger partial charge is 0.497 e. The van der Waals surface area contributed by atoms with Crippen molar-refractivity contribution in [1.82, 2.24) is 5.32 Å². The molecular formula is C39H37NO16. The molecule has 0 heterocycles. The minimum absolute atomic E-state index is 0.0505. The van der Waals surface area contributed by atoms with Crippen LogP contribution in [0.5, 0.6) is 34.5 Å². The third-order valence-electron chi connectivity index (χ3n) is 8.63. The lowest BCUT2D eigenvalue weighted by atomic mass is 9.77. The third-order valence-corrected chi connectivity index (χ3v) is 8.63. The van der Waals surface area contributed by atoms with E-state index in [-0.39, 0.29) is 77.9 Å². The van der Waals surface area contributed by atoms with E-state index >= 15 is 0 Å². The number of hydrogen-bond acceptors (Lipinski definition) is 16. The highest BCUT2D eigenvalue weighted by molar-refractivity contribution is 6.19. The minimum atomic E-state index is -1.83. The number of aryl methyl sites for hydroxylation is 1.